The number of hydrogen-bond donors (Lipinski definition) is 0. The fourth-order valence-electron chi connectivity index (χ4n) is 2.23. The lowest BCUT2D eigenvalue weighted by molar-refractivity contribution is -0.144. The summed E-state index contributed by atoms with van der Waals surface area (Å²) in [6.07, 6.45) is 4.68. The van der Waals surface area contributed by atoms with Crippen molar-refractivity contribution in [1.29, 1.82) is 0 Å². The first kappa shape index (κ1) is 10.3. The third kappa shape index (κ3) is 1.69. The number of fused-ring (bicyclic) bond motifs is 1. The van der Waals surface area contributed by atoms with Crippen LogP contribution in [0.4, 0.5) is 0 Å². The number of rotatable bonds is 3. The average molecular weight is 230 g/mol. The predicted octanol–water partition coefficient (Wildman–Crippen LogP) is 2.00. The van der Waals surface area contributed by atoms with Gasteiger partial charge in [0.2, 0.25) is 0 Å². The molecule has 2 aromatic rings. The highest BCUT2D eigenvalue weighted by Crippen LogP contribution is 2.47. The Morgan fingerprint density at radius 1 is 1.59 bits per heavy atom. The van der Waals surface area contributed by atoms with Gasteiger partial charge < -0.3 is 9.14 Å². The summed E-state index contributed by atoms with van der Waals surface area (Å²) in [5, 5.41) is 0. The van der Waals surface area contributed by atoms with Gasteiger partial charge in [-0.3, -0.25) is 4.79 Å². The van der Waals surface area contributed by atoms with Gasteiger partial charge in [0.25, 0.3) is 0 Å². The van der Waals surface area contributed by atoms with Crippen molar-refractivity contribution in [3.63, 3.8) is 0 Å². The lowest BCUT2D eigenvalue weighted by atomic mass is 10.3. The maximum atomic E-state index is 11.6. The molecule has 4 heteroatoms. The first-order chi connectivity index (χ1) is 8.31. The van der Waals surface area contributed by atoms with E-state index in [0.29, 0.717) is 6.61 Å². The van der Waals surface area contributed by atoms with Gasteiger partial charge in [-0.15, -0.1) is 0 Å². The van der Waals surface area contributed by atoms with E-state index in [-0.39, 0.29) is 17.8 Å². The van der Waals surface area contributed by atoms with Crippen LogP contribution in [0.5, 0.6) is 0 Å². The summed E-state index contributed by atoms with van der Waals surface area (Å²) in [4.78, 5) is 16.0. The second-order valence-electron chi connectivity index (χ2n) is 4.31. The van der Waals surface area contributed by atoms with Crippen LogP contribution in [0.1, 0.15) is 25.1 Å². The zero-order chi connectivity index (χ0) is 11.8. The van der Waals surface area contributed by atoms with Gasteiger partial charge in [0.05, 0.1) is 24.2 Å². The molecule has 0 aliphatic heterocycles. The molecule has 2 atom stereocenters. The summed E-state index contributed by atoms with van der Waals surface area (Å²) in [5.41, 5.74) is 1.07. The molecule has 3 rings (SSSR count). The Bertz CT molecular complexity index is 561. The van der Waals surface area contributed by atoms with E-state index in [4.69, 9.17) is 4.74 Å². The van der Waals surface area contributed by atoms with Crippen LogP contribution < -0.4 is 0 Å². The second-order valence-corrected chi connectivity index (χ2v) is 4.31. The maximum absolute atomic E-state index is 11.6. The van der Waals surface area contributed by atoms with Crippen LogP contribution in [0.3, 0.4) is 0 Å². The highest BCUT2D eigenvalue weighted by Gasteiger charge is 2.47. The van der Waals surface area contributed by atoms with Crippen molar-refractivity contribution in [1.82, 2.24) is 9.38 Å². The first-order valence-electron chi connectivity index (χ1n) is 5.90. The number of imidazole rings is 1. The molecule has 0 radical (unpaired) electrons. The van der Waals surface area contributed by atoms with Crippen molar-refractivity contribution >= 4 is 11.5 Å². The molecule has 0 N–H and O–H groups in total. The van der Waals surface area contributed by atoms with Crippen molar-refractivity contribution in [3.8, 4) is 0 Å². The van der Waals surface area contributed by atoms with Gasteiger partial charge in [0.15, 0.2) is 0 Å². The largest absolute Gasteiger partial charge is 0.466 e. The summed E-state index contributed by atoms with van der Waals surface area (Å²) in [7, 11) is 0. The quantitative estimate of drug-likeness (QED) is 0.757. The molecule has 2 aromatic heterocycles. The van der Waals surface area contributed by atoms with Crippen LogP contribution in [0.15, 0.2) is 30.6 Å². The van der Waals surface area contributed by atoms with E-state index in [2.05, 4.69) is 4.98 Å². The molecule has 0 spiro atoms. The Hall–Kier alpha value is -1.84. The minimum atomic E-state index is -0.0924. The number of ether oxygens (including phenoxy) is 1. The van der Waals surface area contributed by atoms with Crippen LogP contribution in [-0.4, -0.2) is 22.0 Å². The minimum Gasteiger partial charge on any atom is -0.466 e. The van der Waals surface area contributed by atoms with Crippen LogP contribution in [0, 0.1) is 5.92 Å². The summed E-state index contributed by atoms with van der Waals surface area (Å²) < 4.78 is 7.08. The SMILES string of the molecule is CCOC(=O)[C@@H]1C[C@@H]1c1ncc2ccccn12. The molecule has 1 saturated carbocycles. The van der Waals surface area contributed by atoms with Gasteiger partial charge in [0, 0.05) is 12.1 Å². The van der Waals surface area contributed by atoms with Crippen LogP contribution in [0.2, 0.25) is 0 Å². The van der Waals surface area contributed by atoms with Gasteiger partial charge in [0.1, 0.15) is 5.82 Å². The number of hydrogen-bond acceptors (Lipinski definition) is 3. The summed E-state index contributed by atoms with van der Waals surface area (Å²) in [5.74, 6) is 1.10. The molecule has 0 unspecified atom stereocenters. The molecule has 0 amide bonds. The Kier molecular flexibility index (Phi) is 2.35. The molecule has 2 heterocycles. The molecule has 0 saturated heterocycles. The molecular weight excluding hydrogens is 216 g/mol. The van der Waals surface area contributed by atoms with E-state index in [1.165, 1.54) is 0 Å². The lowest BCUT2D eigenvalue weighted by Gasteiger charge is -2.01. The first-order valence-corrected chi connectivity index (χ1v) is 5.90. The van der Waals surface area contributed by atoms with Gasteiger partial charge in [-0.1, -0.05) is 6.07 Å². The van der Waals surface area contributed by atoms with Crippen molar-refractivity contribution in [3.05, 3.63) is 36.4 Å². The third-order valence-corrected chi connectivity index (χ3v) is 3.18. The summed E-state index contributed by atoms with van der Waals surface area (Å²) in [6.45, 7) is 2.28. The number of nitrogens with zero attached hydrogens (tertiary/aromatic N) is 2. The summed E-state index contributed by atoms with van der Waals surface area (Å²) >= 11 is 0. The standard InChI is InChI=1S/C13H14N2O2/c1-2-17-13(16)11-7-10(11)12-14-8-9-5-3-4-6-15(9)12/h3-6,8,10-11H,2,7H2,1H3/t10-,11+/m0/s1. The van der Waals surface area contributed by atoms with E-state index in [1.807, 2.05) is 41.9 Å². The molecule has 1 aliphatic rings. The van der Waals surface area contributed by atoms with Crippen molar-refractivity contribution < 1.29 is 9.53 Å². The number of esters is 1. The number of pyridine rings is 1. The zero-order valence-corrected chi connectivity index (χ0v) is 9.67. The molecule has 1 fully saturated rings. The predicted molar refractivity (Wildman–Crippen MR) is 62.7 cm³/mol. The van der Waals surface area contributed by atoms with E-state index in [9.17, 15) is 4.79 Å². The van der Waals surface area contributed by atoms with Gasteiger partial charge in [-0.2, -0.15) is 0 Å². The average Bonchev–Trinajstić information content (AvgIpc) is 3.02. The molecular formula is C13H14N2O2. The van der Waals surface area contributed by atoms with Gasteiger partial charge in [-0.25, -0.2) is 4.98 Å². The zero-order valence-electron chi connectivity index (χ0n) is 9.67. The van der Waals surface area contributed by atoms with Crippen molar-refractivity contribution in [2.24, 2.45) is 5.92 Å². The molecule has 0 bridgehead atoms. The molecule has 1 aliphatic carbocycles. The van der Waals surface area contributed by atoms with Crippen molar-refractivity contribution in [2.45, 2.75) is 19.3 Å². The van der Waals surface area contributed by atoms with E-state index >= 15 is 0 Å². The van der Waals surface area contributed by atoms with Crippen LogP contribution >= 0.6 is 0 Å². The van der Waals surface area contributed by atoms with E-state index < -0.39 is 0 Å². The highest BCUT2D eigenvalue weighted by molar-refractivity contribution is 5.77. The van der Waals surface area contributed by atoms with E-state index in [1.54, 1.807) is 0 Å². The number of carbonyl (C=O) groups excluding carboxylic acids is 1. The van der Waals surface area contributed by atoms with Crippen molar-refractivity contribution in [2.75, 3.05) is 6.61 Å². The Balaban J connectivity index is 1.85. The maximum Gasteiger partial charge on any atom is 0.309 e. The fourth-order valence-corrected chi connectivity index (χ4v) is 2.23. The van der Waals surface area contributed by atoms with Crippen LogP contribution in [-0.2, 0) is 9.53 Å². The van der Waals surface area contributed by atoms with Gasteiger partial charge >= 0.3 is 5.97 Å². The Morgan fingerprint density at radius 3 is 3.29 bits per heavy atom. The fraction of sp³-hybridized carbons (Fsp3) is 0.385. The Labute approximate surface area is 99.2 Å². The monoisotopic (exact) mass is 230 g/mol. The second kappa shape index (κ2) is 3.87. The molecule has 0 aromatic carbocycles. The lowest BCUT2D eigenvalue weighted by Crippen LogP contribution is -2.08. The summed E-state index contributed by atoms with van der Waals surface area (Å²) in [6, 6.07) is 5.97. The number of aromatic nitrogens is 2. The molecule has 4 nitrogen and oxygen atoms in total. The van der Waals surface area contributed by atoms with Crippen LogP contribution in [0.25, 0.3) is 5.52 Å². The highest BCUT2D eigenvalue weighted by atomic mass is 16.5. The number of carbonyl (C=O) groups is 1. The smallest absolute Gasteiger partial charge is 0.309 e. The minimum absolute atomic E-state index is 0.000700. The molecule has 17 heavy (non-hydrogen) atoms. The topological polar surface area (TPSA) is 43.6 Å². The van der Waals surface area contributed by atoms with Gasteiger partial charge in [-0.05, 0) is 25.5 Å². The Morgan fingerprint density at radius 2 is 2.47 bits per heavy atom. The molecule has 88 valence electrons. The third-order valence-electron chi connectivity index (χ3n) is 3.18. The van der Waals surface area contributed by atoms with E-state index in [0.717, 1.165) is 17.8 Å². The normalized spacial score (nSPS) is 22.6.